The molecule has 0 aliphatic heterocycles. The maximum atomic E-state index is 11.1. The molecule has 0 saturated heterocycles. The summed E-state index contributed by atoms with van der Waals surface area (Å²) >= 11 is 0. The molecule has 2 rings (SSSR count). The topological polar surface area (TPSA) is 45.8 Å². The average molecular weight is 188 g/mol. The minimum Gasteiger partial charge on any atom is -0.307 e. The van der Waals surface area contributed by atoms with E-state index in [0.29, 0.717) is 11.6 Å². The van der Waals surface area contributed by atoms with Gasteiger partial charge in [-0.15, -0.1) is 0 Å². The Morgan fingerprint density at radius 1 is 1.29 bits per heavy atom. The van der Waals surface area contributed by atoms with Crippen LogP contribution >= 0.6 is 0 Å². The van der Waals surface area contributed by atoms with Gasteiger partial charge in [0.25, 0.3) is 0 Å². The minimum atomic E-state index is -0.106. The lowest BCUT2D eigenvalue weighted by atomic mass is 10.0. The van der Waals surface area contributed by atoms with Crippen LogP contribution in [0.3, 0.4) is 0 Å². The number of hydrogen-bond acceptors (Lipinski definition) is 2. The zero-order valence-corrected chi connectivity index (χ0v) is 8.24. The van der Waals surface area contributed by atoms with Crippen LogP contribution in [0.1, 0.15) is 25.3 Å². The number of H-pyrrole nitrogens is 1. The van der Waals surface area contributed by atoms with Gasteiger partial charge in [-0.3, -0.25) is 4.79 Å². The highest BCUT2D eigenvalue weighted by Gasteiger charge is 2.05. The summed E-state index contributed by atoms with van der Waals surface area (Å²) in [6.07, 6.45) is 1.73. The summed E-state index contributed by atoms with van der Waals surface area (Å²) < 4.78 is 0. The molecule has 0 aromatic carbocycles. The van der Waals surface area contributed by atoms with E-state index in [4.69, 9.17) is 0 Å². The first-order valence-corrected chi connectivity index (χ1v) is 4.66. The molecule has 0 bridgehead atoms. The van der Waals surface area contributed by atoms with Gasteiger partial charge in [-0.05, 0) is 23.6 Å². The van der Waals surface area contributed by atoms with Crippen molar-refractivity contribution >= 4 is 11.0 Å². The Balaban J connectivity index is 2.81. The molecule has 0 aliphatic rings. The number of pyridine rings is 2. The van der Waals surface area contributed by atoms with E-state index in [-0.39, 0.29) is 5.56 Å². The zero-order chi connectivity index (χ0) is 10.1. The first-order valence-electron chi connectivity index (χ1n) is 4.66. The van der Waals surface area contributed by atoms with Crippen molar-refractivity contribution in [2.75, 3.05) is 0 Å². The Morgan fingerprint density at radius 2 is 2.07 bits per heavy atom. The van der Waals surface area contributed by atoms with Crippen molar-refractivity contribution in [3.63, 3.8) is 0 Å². The van der Waals surface area contributed by atoms with Gasteiger partial charge in [-0.2, -0.15) is 0 Å². The van der Waals surface area contributed by atoms with Crippen molar-refractivity contribution in [3.8, 4) is 0 Å². The lowest BCUT2D eigenvalue weighted by molar-refractivity contribution is 0.873. The van der Waals surface area contributed by atoms with E-state index in [1.165, 1.54) is 11.6 Å². The standard InChI is InChI=1S/C11H12N2O/c1-7(2)8-5-6-12-11-9(8)3-4-10(14)13-11/h3-7H,1-2H3,(H,12,13,14). The Hall–Kier alpha value is -1.64. The number of nitrogens with one attached hydrogen (secondary N) is 1. The summed E-state index contributed by atoms with van der Waals surface area (Å²) in [4.78, 5) is 17.9. The molecular formula is C11H12N2O. The van der Waals surface area contributed by atoms with Crippen LogP contribution in [-0.4, -0.2) is 9.97 Å². The molecule has 0 atom stereocenters. The number of aromatic amines is 1. The third-order valence-electron chi connectivity index (χ3n) is 2.29. The van der Waals surface area contributed by atoms with E-state index in [1.54, 1.807) is 6.20 Å². The minimum absolute atomic E-state index is 0.106. The van der Waals surface area contributed by atoms with E-state index in [2.05, 4.69) is 23.8 Å². The van der Waals surface area contributed by atoms with Gasteiger partial charge >= 0.3 is 0 Å². The third-order valence-corrected chi connectivity index (χ3v) is 2.29. The maximum absolute atomic E-state index is 11.1. The molecule has 72 valence electrons. The molecule has 3 heteroatoms. The quantitative estimate of drug-likeness (QED) is 0.744. The van der Waals surface area contributed by atoms with Gasteiger partial charge in [0.2, 0.25) is 5.56 Å². The van der Waals surface area contributed by atoms with Crippen LogP contribution in [0.5, 0.6) is 0 Å². The van der Waals surface area contributed by atoms with E-state index < -0.39 is 0 Å². The molecule has 0 unspecified atom stereocenters. The molecule has 0 aliphatic carbocycles. The second-order valence-corrected chi connectivity index (χ2v) is 3.64. The van der Waals surface area contributed by atoms with Crippen LogP contribution in [0.2, 0.25) is 0 Å². The predicted octanol–water partition coefficient (Wildman–Crippen LogP) is 2.05. The van der Waals surface area contributed by atoms with Crippen LogP contribution in [-0.2, 0) is 0 Å². The normalized spacial score (nSPS) is 11.1. The van der Waals surface area contributed by atoms with Crippen LogP contribution in [0.4, 0.5) is 0 Å². The summed E-state index contributed by atoms with van der Waals surface area (Å²) in [5.41, 5.74) is 1.78. The van der Waals surface area contributed by atoms with E-state index in [1.807, 2.05) is 12.1 Å². The van der Waals surface area contributed by atoms with Crippen molar-refractivity contribution in [2.24, 2.45) is 0 Å². The van der Waals surface area contributed by atoms with Crippen molar-refractivity contribution in [2.45, 2.75) is 19.8 Å². The molecule has 2 heterocycles. The average Bonchev–Trinajstić information content (AvgIpc) is 2.16. The largest absolute Gasteiger partial charge is 0.307 e. The van der Waals surface area contributed by atoms with Crippen molar-refractivity contribution < 1.29 is 0 Å². The highest BCUT2D eigenvalue weighted by atomic mass is 16.1. The van der Waals surface area contributed by atoms with Crippen molar-refractivity contribution in [1.82, 2.24) is 9.97 Å². The van der Waals surface area contributed by atoms with E-state index >= 15 is 0 Å². The van der Waals surface area contributed by atoms with Gasteiger partial charge in [0.05, 0.1) is 0 Å². The van der Waals surface area contributed by atoms with Crippen molar-refractivity contribution in [3.05, 3.63) is 40.3 Å². The van der Waals surface area contributed by atoms with E-state index in [0.717, 1.165) is 5.39 Å². The lowest BCUT2D eigenvalue weighted by Crippen LogP contribution is -2.04. The summed E-state index contributed by atoms with van der Waals surface area (Å²) in [5, 5.41) is 1.03. The fourth-order valence-electron chi connectivity index (χ4n) is 1.58. The van der Waals surface area contributed by atoms with Crippen LogP contribution < -0.4 is 5.56 Å². The zero-order valence-electron chi connectivity index (χ0n) is 8.24. The molecule has 1 N–H and O–H groups in total. The Labute approximate surface area is 81.8 Å². The highest BCUT2D eigenvalue weighted by Crippen LogP contribution is 2.21. The van der Waals surface area contributed by atoms with Gasteiger partial charge in [-0.25, -0.2) is 4.98 Å². The van der Waals surface area contributed by atoms with Gasteiger partial charge in [0.1, 0.15) is 5.65 Å². The molecule has 3 nitrogen and oxygen atoms in total. The number of nitrogens with zero attached hydrogens (tertiary/aromatic N) is 1. The molecule has 0 radical (unpaired) electrons. The molecule has 2 aromatic heterocycles. The van der Waals surface area contributed by atoms with Gasteiger partial charge in [-0.1, -0.05) is 13.8 Å². The summed E-state index contributed by atoms with van der Waals surface area (Å²) in [5.74, 6) is 0.436. The maximum Gasteiger partial charge on any atom is 0.249 e. The molecule has 0 amide bonds. The SMILES string of the molecule is CC(C)c1ccnc2[nH]c(=O)ccc12. The Morgan fingerprint density at radius 3 is 2.79 bits per heavy atom. The van der Waals surface area contributed by atoms with Gasteiger partial charge in [0, 0.05) is 17.6 Å². The van der Waals surface area contributed by atoms with E-state index in [9.17, 15) is 4.79 Å². The number of aromatic nitrogens is 2. The molecule has 0 spiro atoms. The lowest BCUT2D eigenvalue weighted by Gasteiger charge is -2.07. The van der Waals surface area contributed by atoms with Crippen LogP contribution in [0.15, 0.2) is 29.2 Å². The van der Waals surface area contributed by atoms with Crippen LogP contribution in [0.25, 0.3) is 11.0 Å². The number of rotatable bonds is 1. The second-order valence-electron chi connectivity index (χ2n) is 3.64. The monoisotopic (exact) mass is 188 g/mol. The molecule has 0 saturated carbocycles. The number of hydrogen-bond donors (Lipinski definition) is 1. The Bertz CT molecular complexity index is 514. The molecule has 14 heavy (non-hydrogen) atoms. The first kappa shape index (κ1) is 8.94. The fraction of sp³-hybridized carbons (Fsp3) is 0.273. The smallest absolute Gasteiger partial charge is 0.249 e. The van der Waals surface area contributed by atoms with Gasteiger partial charge in [0.15, 0.2) is 0 Å². The summed E-state index contributed by atoms with van der Waals surface area (Å²) in [6, 6.07) is 5.36. The Kier molecular flexibility index (Phi) is 2.08. The number of fused-ring (bicyclic) bond motifs is 1. The fourth-order valence-corrected chi connectivity index (χ4v) is 1.58. The summed E-state index contributed by atoms with van der Waals surface area (Å²) in [7, 11) is 0. The summed E-state index contributed by atoms with van der Waals surface area (Å²) in [6.45, 7) is 4.25. The third kappa shape index (κ3) is 1.41. The van der Waals surface area contributed by atoms with Crippen LogP contribution in [0, 0.1) is 0 Å². The molecule has 2 aromatic rings. The van der Waals surface area contributed by atoms with Gasteiger partial charge < -0.3 is 4.98 Å². The van der Waals surface area contributed by atoms with Crippen molar-refractivity contribution in [1.29, 1.82) is 0 Å². The predicted molar refractivity (Wildman–Crippen MR) is 56.5 cm³/mol. The highest BCUT2D eigenvalue weighted by molar-refractivity contribution is 5.78. The first-order chi connectivity index (χ1) is 6.68. The second kappa shape index (κ2) is 3.25. The molecular weight excluding hydrogens is 176 g/mol. The molecule has 0 fully saturated rings.